The predicted molar refractivity (Wildman–Crippen MR) is 109 cm³/mol. The molecule has 0 N–H and O–H groups in total. The number of anilines is 1. The maximum Gasteiger partial charge on any atom is 0.309 e. The van der Waals surface area contributed by atoms with E-state index in [1.807, 2.05) is 18.2 Å². The van der Waals surface area contributed by atoms with E-state index in [4.69, 9.17) is 9.47 Å². The van der Waals surface area contributed by atoms with Crippen LogP contribution < -0.4 is 9.04 Å². The van der Waals surface area contributed by atoms with Crippen LogP contribution in [0, 0.1) is 0 Å². The summed E-state index contributed by atoms with van der Waals surface area (Å²) >= 11 is 0. The molecule has 0 fully saturated rings. The van der Waals surface area contributed by atoms with Crippen molar-refractivity contribution in [2.45, 2.75) is 19.8 Å². The van der Waals surface area contributed by atoms with Crippen molar-refractivity contribution in [2.24, 2.45) is 0 Å². The first-order chi connectivity index (χ1) is 13.9. The SMILES string of the molecule is CCS(=O)(=O)N1CCc2cc(C(=O)COC(=O)CCOc3ccccc3)ccc21. The molecular weight excluding hydrogens is 394 g/mol. The Kier molecular flexibility index (Phi) is 6.53. The zero-order chi connectivity index (χ0) is 20.9. The molecule has 1 heterocycles. The van der Waals surface area contributed by atoms with E-state index in [1.165, 1.54) is 4.31 Å². The molecule has 8 heteroatoms. The molecule has 0 radical (unpaired) electrons. The number of Topliss-reactive ketones (excluding diaryl/α,β-unsaturated/α-hetero) is 1. The predicted octanol–water partition coefficient (Wildman–Crippen LogP) is 2.59. The van der Waals surface area contributed by atoms with Gasteiger partial charge in [0.25, 0.3) is 0 Å². The fourth-order valence-electron chi connectivity index (χ4n) is 3.06. The molecule has 1 aliphatic rings. The normalized spacial score (nSPS) is 13.1. The van der Waals surface area contributed by atoms with Crippen LogP contribution in [0.3, 0.4) is 0 Å². The molecule has 1 aliphatic heterocycles. The minimum atomic E-state index is -3.33. The molecule has 7 nitrogen and oxygen atoms in total. The van der Waals surface area contributed by atoms with Gasteiger partial charge in [0.15, 0.2) is 12.4 Å². The van der Waals surface area contributed by atoms with E-state index < -0.39 is 16.0 Å². The van der Waals surface area contributed by atoms with Crippen molar-refractivity contribution in [2.75, 3.05) is 29.8 Å². The van der Waals surface area contributed by atoms with Crippen molar-refractivity contribution < 1.29 is 27.5 Å². The number of hydrogen-bond donors (Lipinski definition) is 0. The number of para-hydroxylation sites is 1. The molecule has 0 aromatic heterocycles. The van der Waals surface area contributed by atoms with Gasteiger partial charge < -0.3 is 9.47 Å². The lowest BCUT2D eigenvalue weighted by atomic mass is 10.1. The second-order valence-corrected chi connectivity index (χ2v) is 8.74. The quantitative estimate of drug-likeness (QED) is 0.460. The van der Waals surface area contributed by atoms with Crippen LogP contribution in [0.4, 0.5) is 5.69 Å². The Hall–Kier alpha value is -2.87. The Morgan fingerprint density at radius 1 is 1.10 bits per heavy atom. The van der Waals surface area contributed by atoms with Crippen molar-refractivity contribution >= 4 is 27.5 Å². The monoisotopic (exact) mass is 417 g/mol. The van der Waals surface area contributed by atoms with Crippen LogP contribution >= 0.6 is 0 Å². The molecule has 0 bridgehead atoms. The summed E-state index contributed by atoms with van der Waals surface area (Å²) in [5.41, 5.74) is 1.81. The number of nitrogens with zero attached hydrogens (tertiary/aromatic N) is 1. The van der Waals surface area contributed by atoms with E-state index >= 15 is 0 Å². The number of sulfonamides is 1. The molecule has 0 saturated carbocycles. The maximum absolute atomic E-state index is 12.3. The lowest BCUT2D eigenvalue weighted by molar-refractivity contribution is -0.143. The van der Waals surface area contributed by atoms with Crippen LogP contribution in [0.5, 0.6) is 5.75 Å². The topological polar surface area (TPSA) is 90.0 Å². The van der Waals surface area contributed by atoms with E-state index in [2.05, 4.69) is 0 Å². The number of ketones is 1. The van der Waals surface area contributed by atoms with Gasteiger partial charge in [-0.25, -0.2) is 8.42 Å². The average molecular weight is 417 g/mol. The van der Waals surface area contributed by atoms with Gasteiger partial charge in [-0.15, -0.1) is 0 Å². The van der Waals surface area contributed by atoms with Crippen molar-refractivity contribution in [3.8, 4) is 5.75 Å². The molecule has 0 amide bonds. The smallest absolute Gasteiger partial charge is 0.309 e. The fourth-order valence-corrected chi connectivity index (χ4v) is 4.22. The van der Waals surface area contributed by atoms with Gasteiger partial charge in [-0.2, -0.15) is 0 Å². The van der Waals surface area contributed by atoms with E-state index in [9.17, 15) is 18.0 Å². The van der Waals surface area contributed by atoms with E-state index in [0.717, 1.165) is 5.56 Å². The molecule has 154 valence electrons. The Morgan fingerprint density at radius 2 is 1.86 bits per heavy atom. The minimum absolute atomic E-state index is 0.0249. The number of rotatable bonds is 9. The third kappa shape index (κ3) is 5.14. The number of fused-ring (bicyclic) bond motifs is 1. The highest BCUT2D eigenvalue weighted by Crippen LogP contribution is 2.31. The zero-order valence-electron chi connectivity index (χ0n) is 16.2. The standard InChI is InChI=1S/C21H23NO6S/c1-2-29(25,26)22-12-10-16-14-17(8-9-19(16)22)20(23)15-28-21(24)11-13-27-18-6-4-3-5-7-18/h3-9,14H,2,10-13,15H2,1H3. The fraction of sp³-hybridized carbons (Fsp3) is 0.333. The van der Waals surface area contributed by atoms with E-state index in [1.54, 1.807) is 37.3 Å². The Labute approximate surface area is 170 Å². The molecule has 0 spiro atoms. The Bertz CT molecular complexity index is 987. The van der Waals surface area contributed by atoms with Crippen LogP contribution in [0.25, 0.3) is 0 Å². The second kappa shape index (κ2) is 9.09. The number of carbonyl (C=O) groups is 2. The third-order valence-electron chi connectivity index (χ3n) is 4.64. The molecule has 2 aromatic carbocycles. The molecule has 2 aromatic rings. The van der Waals surface area contributed by atoms with Crippen LogP contribution in [-0.4, -0.2) is 45.7 Å². The van der Waals surface area contributed by atoms with Crippen molar-refractivity contribution in [1.29, 1.82) is 0 Å². The minimum Gasteiger partial charge on any atom is -0.493 e. The van der Waals surface area contributed by atoms with Crippen molar-refractivity contribution in [3.05, 3.63) is 59.7 Å². The molecule has 0 unspecified atom stereocenters. The third-order valence-corrected chi connectivity index (χ3v) is 6.42. The van der Waals surface area contributed by atoms with Crippen molar-refractivity contribution in [1.82, 2.24) is 0 Å². The summed E-state index contributed by atoms with van der Waals surface area (Å²) < 4.78 is 36.1. The van der Waals surface area contributed by atoms with Gasteiger partial charge in [-0.05, 0) is 49.2 Å². The number of esters is 1. The van der Waals surface area contributed by atoms with Crippen LogP contribution in [0.2, 0.25) is 0 Å². The van der Waals surface area contributed by atoms with Gasteiger partial charge in [0, 0.05) is 12.1 Å². The highest BCUT2D eigenvalue weighted by molar-refractivity contribution is 7.92. The van der Waals surface area contributed by atoms with Gasteiger partial charge in [-0.3, -0.25) is 13.9 Å². The lowest BCUT2D eigenvalue weighted by Crippen LogP contribution is -2.30. The van der Waals surface area contributed by atoms with Gasteiger partial charge in [0.1, 0.15) is 5.75 Å². The summed E-state index contributed by atoms with van der Waals surface area (Å²) in [6, 6.07) is 14.0. The summed E-state index contributed by atoms with van der Waals surface area (Å²) in [6.07, 6.45) is 0.586. The molecule has 3 rings (SSSR count). The zero-order valence-corrected chi connectivity index (χ0v) is 17.0. The van der Waals surface area contributed by atoms with Crippen molar-refractivity contribution in [3.63, 3.8) is 0 Å². The van der Waals surface area contributed by atoms with Gasteiger partial charge in [0.2, 0.25) is 10.0 Å². The maximum atomic E-state index is 12.3. The molecular formula is C21H23NO6S. The highest BCUT2D eigenvalue weighted by Gasteiger charge is 2.28. The largest absolute Gasteiger partial charge is 0.493 e. The highest BCUT2D eigenvalue weighted by atomic mass is 32.2. The van der Waals surface area contributed by atoms with Gasteiger partial charge in [0.05, 0.1) is 24.5 Å². The summed E-state index contributed by atoms with van der Waals surface area (Å²) in [4.78, 5) is 24.2. The van der Waals surface area contributed by atoms with Gasteiger partial charge >= 0.3 is 5.97 Å². The molecule has 0 atom stereocenters. The number of hydrogen-bond acceptors (Lipinski definition) is 6. The average Bonchev–Trinajstić information content (AvgIpc) is 3.17. The first-order valence-electron chi connectivity index (χ1n) is 9.40. The van der Waals surface area contributed by atoms with Crippen LogP contribution in [0.1, 0.15) is 29.3 Å². The second-order valence-electron chi connectivity index (χ2n) is 6.56. The van der Waals surface area contributed by atoms with Crippen LogP contribution in [-0.2, 0) is 26.0 Å². The summed E-state index contributed by atoms with van der Waals surface area (Å²) in [6.45, 7) is 1.78. The number of benzene rings is 2. The van der Waals surface area contributed by atoms with E-state index in [0.29, 0.717) is 30.0 Å². The van der Waals surface area contributed by atoms with Gasteiger partial charge in [-0.1, -0.05) is 18.2 Å². The number of ether oxygens (including phenoxy) is 2. The van der Waals surface area contributed by atoms with E-state index in [-0.39, 0.29) is 31.2 Å². The van der Waals surface area contributed by atoms with Crippen LogP contribution in [0.15, 0.2) is 48.5 Å². The first-order valence-corrected chi connectivity index (χ1v) is 11.0. The lowest BCUT2D eigenvalue weighted by Gasteiger charge is -2.18. The Morgan fingerprint density at radius 3 is 2.59 bits per heavy atom. The molecule has 0 aliphatic carbocycles. The number of carbonyl (C=O) groups excluding carboxylic acids is 2. The summed E-state index contributed by atoms with van der Waals surface area (Å²) in [5, 5.41) is 0. The molecule has 0 saturated heterocycles. The first kappa shape index (κ1) is 20.9. The molecule has 29 heavy (non-hydrogen) atoms. The summed E-state index contributed by atoms with van der Waals surface area (Å²) in [5.74, 6) is -0.164. The Balaban J connectivity index is 1.50. The summed E-state index contributed by atoms with van der Waals surface area (Å²) in [7, 11) is -3.33.